The van der Waals surface area contributed by atoms with Crippen LogP contribution in [0.25, 0.3) is 0 Å². The minimum absolute atomic E-state index is 0.0103. The van der Waals surface area contributed by atoms with E-state index in [4.69, 9.17) is 4.74 Å². The zero-order valence-corrected chi connectivity index (χ0v) is 13.3. The van der Waals surface area contributed by atoms with E-state index in [1.807, 2.05) is 13.8 Å². The van der Waals surface area contributed by atoms with Crippen molar-refractivity contribution < 1.29 is 9.53 Å². The van der Waals surface area contributed by atoms with Gasteiger partial charge in [-0.25, -0.2) is 0 Å². The van der Waals surface area contributed by atoms with Gasteiger partial charge in [0.1, 0.15) is 6.10 Å². The molecule has 0 heterocycles. The summed E-state index contributed by atoms with van der Waals surface area (Å²) in [5.41, 5.74) is -0.338. The molecule has 19 heavy (non-hydrogen) atoms. The molecule has 2 atom stereocenters. The molecule has 0 saturated heterocycles. The highest BCUT2D eigenvalue weighted by Crippen LogP contribution is 2.28. The maximum Gasteiger partial charge on any atom is 0.311 e. The number of hydrogen-bond acceptors (Lipinski definition) is 2. The zero-order valence-electron chi connectivity index (χ0n) is 13.3. The standard InChI is InChI=1S/C17H32O2/c1-5-17(3,4)16(18)19-15-13-11-9-7-6-8-10-12-14(15)2/h14-15H,5-13H2,1-4H3. The molecule has 1 aliphatic carbocycles. The van der Waals surface area contributed by atoms with Gasteiger partial charge in [0.25, 0.3) is 0 Å². The topological polar surface area (TPSA) is 26.3 Å². The second-order valence-corrected chi connectivity index (χ2v) is 6.86. The Hall–Kier alpha value is -0.530. The molecule has 0 spiro atoms. The van der Waals surface area contributed by atoms with Gasteiger partial charge in [0, 0.05) is 0 Å². The molecule has 2 heteroatoms. The zero-order chi connectivity index (χ0) is 14.3. The SMILES string of the molecule is CCC(C)(C)C(=O)OC1CCCCCCCCC1C. The lowest BCUT2D eigenvalue weighted by Crippen LogP contribution is -2.33. The maximum absolute atomic E-state index is 12.2. The Morgan fingerprint density at radius 3 is 2.16 bits per heavy atom. The van der Waals surface area contributed by atoms with Crippen molar-refractivity contribution in [1.82, 2.24) is 0 Å². The van der Waals surface area contributed by atoms with Gasteiger partial charge >= 0.3 is 5.97 Å². The summed E-state index contributed by atoms with van der Waals surface area (Å²) in [5.74, 6) is 0.499. The quantitative estimate of drug-likeness (QED) is 0.665. The lowest BCUT2D eigenvalue weighted by atomic mass is 9.88. The summed E-state index contributed by atoms with van der Waals surface area (Å²) in [6, 6.07) is 0. The Morgan fingerprint density at radius 1 is 1.05 bits per heavy atom. The molecule has 0 N–H and O–H groups in total. The Labute approximate surface area is 119 Å². The minimum Gasteiger partial charge on any atom is -0.462 e. The molecular formula is C17H32O2. The lowest BCUT2D eigenvalue weighted by molar-refractivity contribution is -0.163. The lowest BCUT2D eigenvalue weighted by Gasteiger charge is -2.29. The van der Waals surface area contributed by atoms with E-state index in [2.05, 4.69) is 13.8 Å². The molecule has 1 rings (SSSR count). The number of carbonyl (C=O) groups excluding carboxylic acids is 1. The number of ether oxygens (including phenoxy) is 1. The van der Waals surface area contributed by atoms with Crippen LogP contribution in [0.15, 0.2) is 0 Å². The molecule has 112 valence electrons. The van der Waals surface area contributed by atoms with Crippen LogP contribution in [0.2, 0.25) is 0 Å². The number of carbonyl (C=O) groups is 1. The summed E-state index contributed by atoms with van der Waals surface area (Å²) in [5, 5.41) is 0. The highest BCUT2D eigenvalue weighted by atomic mass is 16.5. The first-order chi connectivity index (χ1) is 8.97. The molecule has 0 aromatic rings. The van der Waals surface area contributed by atoms with Crippen molar-refractivity contribution in [3.8, 4) is 0 Å². The molecule has 1 saturated carbocycles. The van der Waals surface area contributed by atoms with Gasteiger partial charge in [-0.3, -0.25) is 4.79 Å². The second-order valence-electron chi connectivity index (χ2n) is 6.86. The first-order valence-corrected chi connectivity index (χ1v) is 8.18. The van der Waals surface area contributed by atoms with Crippen molar-refractivity contribution in [3.05, 3.63) is 0 Å². The van der Waals surface area contributed by atoms with Crippen molar-refractivity contribution in [2.24, 2.45) is 11.3 Å². The monoisotopic (exact) mass is 268 g/mol. The Balaban J connectivity index is 2.57. The molecule has 0 aromatic heterocycles. The Bertz CT molecular complexity index is 270. The molecule has 0 amide bonds. The van der Waals surface area contributed by atoms with Crippen LogP contribution in [0.4, 0.5) is 0 Å². The van der Waals surface area contributed by atoms with Crippen LogP contribution in [0.3, 0.4) is 0 Å². The third-order valence-corrected chi connectivity index (χ3v) is 4.73. The molecule has 2 unspecified atom stereocenters. The predicted molar refractivity (Wildman–Crippen MR) is 80.1 cm³/mol. The summed E-state index contributed by atoms with van der Waals surface area (Å²) < 4.78 is 5.85. The first-order valence-electron chi connectivity index (χ1n) is 8.18. The van der Waals surface area contributed by atoms with Crippen LogP contribution in [0, 0.1) is 11.3 Å². The van der Waals surface area contributed by atoms with Crippen LogP contribution in [-0.2, 0) is 9.53 Å². The summed E-state index contributed by atoms with van der Waals surface area (Å²) in [7, 11) is 0. The summed E-state index contributed by atoms with van der Waals surface area (Å²) in [4.78, 5) is 12.2. The van der Waals surface area contributed by atoms with Crippen molar-refractivity contribution in [2.45, 2.75) is 91.6 Å². The number of rotatable bonds is 3. The van der Waals surface area contributed by atoms with Crippen molar-refractivity contribution in [3.63, 3.8) is 0 Å². The normalized spacial score (nSPS) is 26.7. The van der Waals surface area contributed by atoms with Gasteiger partial charge in [0.2, 0.25) is 0 Å². The van der Waals surface area contributed by atoms with Crippen molar-refractivity contribution in [1.29, 1.82) is 0 Å². The van der Waals surface area contributed by atoms with E-state index >= 15 is 0 Å². The van der Waals surface area contributed by atoms with E-state index in [0.29, 0.717) is 5.92 Å². The molecular weight excluding hydrogens is 236 g/mol. The first kappa shape index (κ1) is 16.5. The van der Waals surface area contributed by atoms with E-state index in [0.717, 1.165) is 12.8 Å². The van der Waals surface area contributed by atoms with Gasteiger partial charge in [0.15, 0.2) is 0 Å². The number of hydrogen-bond donors (Lipinski definition) is 0. The van der Waals surface area contributed by atoms with E-state index in [-0.39, 0.29) is 17.5 Å². The summed E-state index contributed by atoms with van der Waals surface area (Å²) >= 11 is 0. The van der Waals surface area contributed by atoms with Gasteiger partial charge in [-0.15, -0.1) is 0 Å². The fourth-order valence-electron chi connectivity index (χ4n) is 2.61. The third-order valence-electron chi connectivity index (χ3n) is 4.73. The van der Waals surface area contributed by atoms with Crippen molar-refractivity contribution in [2.75, 3.05) is 0 Å². The van der Waals surface area contributed by atoms with Crippen molar-refractivity contribution >= 4 is 5.97 Å². The predicted octanol–water partition coefficient (Wildman–Crippen LogP) is 5.10. The fraction of sp³-hybridized carbons (Fsp3) is 0.941. The van der Waals surface area contributed by atoms with Gasteiger partial charge in [-0.2, -0.15) is 0 Å². The molecule has 1 aliphatic rings. The van der Waals surface area contributed by atoms with E-state index in [9.17, 15) is 4.79 Å². The largest absolute Gasteiger partial charge is 0.462 e. The highest BCUT2D eigenvalue weighted by Gasteiger charge is 2.31. The van der Waals surface area contributed by atoms with Gasteiger partial charge < -0.3 is 4.74 Å². The van der Waals surface area contributed by atoms with Crippen LogP contribution < -0.4 is 0 Å². The smallest absolute Gasteiger partial charge is 0.311 e. The van der Waals surface area contributed by atoms with Gasteiger partial charge in [0.05, 0.1) is 5.41 Å². The van der Waals surface area contributed by atoms with Crippen LogP contribution in [-0.4, -0.2) is 12.1 Å². The Kier molecular flexibility index (Phi) is 6.88. The molecule has 2 nitrogen and oxygen atoms in total. The van der Waals surface area contributed by atoms with Crippen LogP contribution in [0.1, 0.15) is 85.5 Å². The molecule has 1 fully saturated rings. The molecule has 0 radical (unpaired) electrons. The van der Waals surface area contributed by atoms with Gasteiger partial charge in [-0.1, -0.05) is 46.0 Å². The van der Waals surface area contributed by atoms with Crippen LogP contribution in [0.5, 0.6) is 0 Å². The van der Waals surface area contributed by atoms with Gasteiger partial charge in [-0.05, 0) is 45.4 Å². The van der Waals surface area contributed by atoms with E-state index in [1.54, 1.807) is 0 Å². The molecule has 0 aliphatic heterocycles. The third kappa shape index (κ3) is 5.54. The van der Waals surface area contributed by atoms with Crippen LogP contribution >= 0.6 is 0 Å². The molecule has 0 aromatic carbocycles. The maximum atomic E-state index is 12.2. The van der Waals surface area contributed by atoms with E-state index in [1.165, 1.54) is 44.9 Å². The Morgan fingerprint density at radius 2 is 1.58 bits per heavy atom. The summed E-state index contributed by atoms with van der Waals surface area (Å²) in [6.07, 6.45) is 11.1. The highest BCUT2D eigenvalue weighted by molar-refractivity contribution is 5.76. The fourth-order valence-corrected chi connectivity index (χ4v) is 2.61. The second kappa shape index (κ2) is 7.91. The minimum atomic E-state index is -0.338. The average molecular weight is 268 g/mol. The number of esters is 1. The summed E-state index contributed by atoms with van der Waals surface area (Å²) in [6.45, 7) is 8.27. The van der Waals surface area contributed by atoms with E-state index < -0.39 is 0 Å². The molecule has 0 bridgehead atoms. The average Bonchev–Trinajstić information content (AvgIpc) is 2.39.